The average Bonchev–Trinajstić information content (AvgIpc) is 2.58. The first kappa shape index (κ1) is 7.80. The lowest BCUT2D eigenvalue weighted by Crippen LogP contribution is -1.67. The number of aromatic amines is 1. The average molecular weight is 170 g/mol. The van der Waals surface area contributed by atoms with Gasteiger partial charge in [0.15, 0.2) is 0 Å². The molecule has 63 valence electrons. The van der Waals surface area contributed by atoms with E-state index in [1.807, 2.05) is 30.5 Å². The molecule has 0 atom stereocenters. The maximum absolute atomic E-state index is 10.0. The summed E-state index contributed by atoms with van der Waals surface area (Å²) in [5, 5.41) is 1.12. The number of benzene rings is 1. The number of hydrogen-bond donors (Lipinski definition) is 1. The van der Waals surface area contributed by atoms with Gasteiger partial charge in [0.05, 0.1) is 0 Å². The molecule has 2 rings (SSSR count). The van der Waals surface area contributed by atoms with Crippen LogP contribution in [0.15, 0.2) is 36.5 Å². The summed E-state index contributed by atoms with van der Waals surface area (Å²) >= 11 is 0. The van der Waals surface area contributed by atoms with Crippen molar-refractivity contribution in [3.05, 3.63) is 42.1 Å². The highest BCUT2D eigenvalue weighted by Gasteiger charge is 1.97. The minimum Gasteiger partial charge on any atom is -0.361 e. The molecular weight excluding hydrogens is 162 g/mol. The summed E-state index contributed by atoms with van der Waals surface area (Å²) in [6, 6.07) is 7.95. The van der Waals surface area contributed by atoms with E-state index < -0.39 is 0 Å². The Morgan fingerprint density at radius 2 is 2.15 bits per heavy atom. The molecule has 0 saturated heterocycles. The van der Waals surface area contributed by atoms with Crippen molar-refractivity contribution in [3.8, 4) is 0 Å². The third-order valence-corrected chi connectivity index (χ3v) is 1.95. The molecule has 0 aliphatic rings. The van der Waals surface area contributed by atoms with E-state index in [-0.39, 0.29) is 0 Å². The van der Waals surface area contributed by atoms with E-state index >= 15 is 0 Å². The van der Waals surface area contributed by atoms with E-state index in [0.717, 1.165) is 16.5 Å². The van der Waals surface area contributed by atoms with Gasteiger partial charge in [-0.15, -0.1) is 0 Å². The van der Waals surface area contributed by atoms with Crippen molar-refractivity contribution in [1.82, 2.24) is 4.98 Å². The maximum Gasteiger partial charge on any atom is 0.225 e. The van der Waals surface area contributed by atoms with Crippen molar-refractivity contribution in [3.63, 3.8) is 0 Å². The van der Waals surface area contributed by atoms with Gasteiger partial charge >= 0.3 is 0 Å². The second-order valence-corrected chi connectivity index (χ2v) is 2.74. The first-order chi connectivity index (χ1) is 6.42. The largest absolute Gasteiger partial charge is 0.361 e. The second kappa shape index (κ2) is 3.27. The number of hydrogen-bond acceptors (Lipinski definition) is 1. The van der Waals surface area contributed by atoms with Gasteiger partial charge in [0.2, 0.25) is 6.29 Å². The number of rotatable bonds is 2. The fraction of sp³-hybridized carbons (Fsp3) is 0. The molecule has 2 aromatic rings. The summed E-state index contributed by atoms with van der Waals surface area (Å²) in [5.74, 6) is 0. The van der Waals surface area contributed by atoms with Crippen LogP contribution in [0.3, 0.4) is 0 Å². The van der Waals surface area contributed by atoms with Gasteiger partial charge in [-0.25, -0.2) is 0 Å². The van der Waals surface area contributed by atoms with Gasteiger partial charge in [-0.05, 0) is 23.8 Å². The van der Waals surface area contributed by atoms with Gasteiger partial charge in [-0.1, -0.05) is 18.2 Å². The van der Waals surface area contributed by atoms with Crippen LogP contribution in [0.2, 0.25) is 0 Å². The van der Waals surface area contributed by atoms with Crippen molar-refractivity contribution < 1.29 is 4.79 Å². The van der Waals surface area contributed by atoms with Crippen molar-refractivity contribution in [2.45, 2.75) is 0 Å². The summed E-state index contributed by atoms with van der Waals surface area (Å²) in [6.45, 7) is 0. The fourth-order valence-corrected chi connectivity index (χ4v) is 1.36. The van der Waals surface area contributed by atoms with Crippen LogP contribution in [0.25, 0.3) is 17.0 Å². The number of allylic oxidation sites excluding steroid dienone is 1. The molecular formula is C11H8NO. The van der Waals surface area contributed by atoms with E-state index in [9.17, 15) is 4.79 Å². The predicted molar refractivity (Wildman–Crippen MR) is 53.0 cm³/mol. The van der Waals surface area contributed by atoms with E-state index in [4.69, 9.17) is 0 Å². The summed E-state index contributed by atoms with van der Waals surface area (Å²) in [4.78, 5) is 13.1. The lowest BCUT2D eigenvalue weighted by atomic mass is 10.2. The standard InChI is InChI=1S/C11H8NO/c13-7-3-4-9-8-12-11-6-2-1-5-10(9)11/h1-6,8,12H. The van der Waals surface area contributed by atoms with Gasteiger partial charge in [0.25, 0.3) is 0 Å². The third-order valence-electron chi connectivity index (χ3n) is 1.95. The topological polar surface area (TPSA) is 32.9 Å². The third kappa shape index (κ3) is 1.38. The molecule has 0 amide bonds. The number of carbonyl (C=O) groups excluding carboxylic acids is 1. The zero-order valence-corrected chi connectivity index (χ0v) is 6.95. The lowest BCUT2D eigenvalue weighted by Gasteiger charge is -1.88. The number of fused-ring (bicyclic) bond motifs is 1. The van der Waals surface area contributed by atoms with Crippen molar-refractivity contribution in [1.29, 1.82) is 0 Å². The van der Waals surface area contributed by atoms with Gasteiger partial charge in [-0.3, -0.25) is 4.79 Å². The van der Waals surface area contributed by atoms with Crippen molar-refractivity contribution in [2.75, 3.05) is 0 Å². The monoisotopic (exact) mass is 170 g/mol. The van der Waals surface area contributed by atoms with Gasteiger partial charge in [-0.2, -0.15) is 0 Å². The van der Waals surface area contributed by atoms with E-state index in [2.05, 4.69) is 4.98 Å². The number of nitrogens with one attached hydrogen (secondary N) is 1. The summed E-state index contributed by atoms with van der Waals surface area (Å²) in [5.41, 5.74) is 2.09. The van der Waals surface area contributed by atoms with E-state index in [0.29, 0.717) is 0 Å². The molecule has 1 heterocycles. The van der Waals surface area contributed by atoms with Crippen LogP contribution in [-0.4, -0.2) is 11.3 Å². The minimum absolute atomic E-state index is 1.01. The summed E-state index contributed by atoms with van der Waals surface area (Å²) in [7, 11) is 0. The van der Waals surface area contributed by atoms with Crippen LogP contribution in [0.5, 0.6) is 0 Å². The molecule has 13 heavy (non-hydrogen) atoms. The number of H-pyrrole nitrogens is 1. The van der Waals surface area contributed by atoms with Crippen LogP contribution in [0, 0.1) is 0 Å². The molecule has 1 radical (unpaired) electrons. The normalized spacial score (nSPS) is 11.1. The van der Waals surface area contributed by atoms with Gasteiger partial charge < -0.3 is 4.98 Å². The Bertz CT molecular complexity index is 454. The zero-order chi connectivity index (χ0) is 9.10. The van der Waals surface area contributed by atoms with E-state index in [1.165, 1.54) is 6.08 Å². The minimum atomic E-state index is 1.01. The fourth-order valence-electron chi connectivity index (χ4n) is 1.36. The molecule has 0 aliphatic carbocycles. The predicted octanol–water partition coefficient (Wildman–Crippen LogP) is 2.29. The molecule has 2 heteroatoms. The zero-order valence-electron chi connectivity index (χ0n) is 6.95. The summed E-state index contributed by atoms with van der Waals surface area (Å²) < 4.78 is 0. The molecule has 2 nitrogen and oxygen atoms in total. The molecule has 0 aliphatic heterocycles. The van der Waals surface area contributed by atoms with Crippen LogP contribution in [0.1, 0.15) is 5.56 Å². The first-order valence-electron chi connectivity index (χ1n) is 4.02. The Morgan fingerprint density at radius 3 is 3.00 bits per heavy atom. The maximum atomic E-state index is 10.0. The number of para-hydroxylation sites is 1. The Balaban J connectivity index is 2.57. The van der Waals surface area contributed by atoms with Gasteiger partial charge in [0, 0.05) is 17.1 Å². The van der Waals surface area contributed by atoms with Gasteiger partial charge in [0.1, 0.15) is 0 Å². The molecule has 0 bridgehead atoms. The van der Waals surface area contributed by atoms with Crippen LogP contribution in [0.4, 0.5) is 0 Å². The lowest BCUT2D eigenvalue weighted by molar-refractivity contribution is 0.564. The Hall–Kier alpha value is -1.83. The molecule has 0 spiro atoms. The van der Waals surface area contributed by atoms with E-state index in [1.54, 1.807) is 12.4 Å². The molecule has 1 N–H and O–H groups in total. The molecule has 1 aromatic heterocycles. The second-order valence-electron chi connectivity index (χ2n) is 2.74. The SMILES string of the molecule is O=[C]C=Cc1c[nH]c2ccccc12. The number of aromatic nitrogens is 1. The molecule has 0 unspecified atom stereocenters. The van der Waals surface area contributed by atoms with Crippen LogP contribution < -0.4 is 0 Å². The Labute approximate surface area is 75.9 Å². The highest BCUT2D eigenvalue weighted by molar-refractivity contribution is 5.90. The molecule has 0 fully saturated rings. The van der Waals surface area contributed by atoms with Crippen LogP contribution in [-0.2, 0) is 4.79 Å². The van der Waals surface area contributed by atoms with Crippen molar-refractivity contribution >= 4 is 23.3 Å². The molecule has 0 saturated carbocycles. The smallest absolute Gasteiger partial charge is 0.225 e. The first-order valence-corrected chi connectivity index (χ1v) is 4.02. The Morgan fingerprint density at radius 1 is 1.31 bits per heavy atom. The molecule has 1 aromatic carbocycles. The summed E-state index contributed by atoms with van der Waals surface area (Å²) in [6.07, 6.45) is 6.71. The Kier molecular flexibility index (Phi) is 1.96. The van der Waals surface area contributed by atoms with Crippen molar-refractivity contribution in [2.24, 2.45) is 0 Å². The quantitative estimate of drug-likeness (QED) is 0.689. The highest BCUT2D eigenvalue weighted by Crippen LogP contribution is 2.18. The van der Waals surface area contributed by atoms with Crippen LogP contribution >= 0.6 is 0 Å². The highest BCUT2D eigenvalue weighted by atomic mass is 16.1.